The van der Waals surface area contributed by atoms with Crippen LogP contribution in [0.15, 0.2) is 24.3 Å². The first-order valence-corrected chi connectivity index (χ1v) is 4.27. The first-order chi connectivity index (χ1) is 6.18. The molecule has 1 aromatic heterocycles. The van der Waals surface area contributed by atoms with Crippen molar-refractivity contribution in [2.75, 3.05) is 0 Å². The molecule has 0 radical (unpaired) electrons. The molecule has 0 aliphatic rings. The van der Waals surface area contributed by atoms with Crippen molar-refractivity contribution in [3.05, 3.63) is 40.9 Å². The van der Waals surface area contributed by atoms with Gasteiger partial charge >= 0.3 is 0 Å². The monoisotopic (exact) mass is 195 g/mol. The maximum Gasteiger partial charge on any atom is 0.137 e. The Bertz CT molecular complexity index is 468. The number of rotatable bonds is 0. The van der Waals surface area contributed by atoms with Crippen LogP contribution in [0.5, 0.6) is 0 Å². The molecule has 0 aliphatic heterocycles. The van der Waals surface area contributed by atoms with Crippen LogP contribution in [0.4, 0.5) is 4.39 Å². The lowest BCUT2D eigenvalue weighted by atomic mass is 10.1. The largest absolute Gasteiger partial charge is 0.241 e. The van der Waals surface area contributed by atoms with Crippen LogP contribution in [0.25, 0.3) is 10.8 Å². The van der Waals surface area contributed by atoms with Gasteiger partial charge in [-0.25, -0.2) is 9.37 Å². The summed E-state index contributed by atoms with van der Waals surface area (Å²) in [5.74, 6) is -0.259. The summed E-state index contributed by atoms with van der Waals surface area (Å²) in [7, 11) is 0. The molecule has 0 amide bonds. The number of aromatic nitrogens is 1. The zero-order valence-corrected chi connectivity index (χ0v) is 7.77. The highest BCUT2D eigenvalue weighted by Gasteiger charge is 2.04. The van der Waals surface area contributed by atoms with Gasteiger partial charge in [0.2, 0.25) is 0 Å². The highest BCUT2D eigenvalue weighted by molar-refractivity contribution is 6.34. The lowest BCUT2D eigenvalue weighted by Crippen LogP contribution is -1.86. The molecule has 1 aromatic carbocycles. The zero-order chi connectivity index (χ0) is 9.42. The van der Waals surface area contributed by atoms with E-state index < -0.39 is 0 Å². The molecular weight excluding hydrogens is 189 g/mol. The summed E-state index contributed by atoms with van der Waals surface area (Å²) < 4.78 is 13.3. The number of pyridine rings is 1. The van der Waals surface area contributed by atoms with E-state index in [1.54, 1.807) is 25.1 Å². The molecule has 1 heterocycles. The number of fused-ring (bicyclic) bond motifs is 1. The van der Waals surface area contributed by atoms with Crippen molar-refractivity contribution in [1.82, 2.24) is 4.98 Å². The third kappa shape index (κ3) is 1.38. The SMILES string of the molecule is Cc1cc2c(F)cccc2c(Cl)n1. The summed E-state index contributed by atoms with van der Waals surface area (Å²) in [5, 5.41) is 1.54. The van der Waals surface area contributed by atoms with E-state index in [9.17, 15) is 4.39 Å². The van der Waals surface area contributed by atoms with Crippen LogP contribution in [0.2, 0.25) is 5.15 Å². The van der Waals surface area contributed by atoms with Crippen LogP contribution in [0.1, 0.15) is 5.69 Å². The fourth-order valence-electron chi connectivity index (χ4n) is 1.32. The van der Waals surface area contributed by atoms with Gasteiger partial charge in [-0.3, -0.25) is 0 Å². The van der Waals surface area contributed by atoms with Crippen molar-refractivity contribution in [1.29, 1.82) is 0 Å². The summed E-state index contributed by atoms with van der Waals surface area (Å²) >= 11 is 5.86. The molecule has 0 N–H and O–H groups in total. The fourth-order valence-corrected chi connectivity index (χ4v) is 1.62. The number of hydrogen-bond donors (Lipinski definition) is 0. The van der Waals surface area contributed by atoms with Gasteiger partial charge in [-0.2, -0.15) is 0 Å². The molecule has 0 spiro atoms. The second-order valence-corrected chi connectivity index (χ2v) is 3.25. The molecule has 0 aliphatic carbocycles. The lowest BCUT2D eigenvalue weighted by Gasteiger charge is -2.02. The van der Waals surface area contributed by atoms with Crippen molar-refractivity contribution < 1.29 is 4.39 Å². The molecule has 0 saturated carbocycles. The second-order valence-electron chi connectivity index (χ2n) is 2.89. The van der Waals surface area contributed by atoms with Crippen molar-refractivity contribution in [3.63, 3.8) is 0 Å². The quantitative estimate of drug-likeness (QED) is 0.588. The van der Waals surface area contributed by atoms with Gasteiger partial charge in [0, 0.05) is 16.5 Å². The molecule has 66 valence electrons. The molecule has 2 aromatic rings. The minimum atomic E-state index is -0.259. The van der Waals surface area contributed by atoms with E-state index in [1.165, 1.54) is 6.07 Å². The van der Waals surface area contributed by atoms with Crippen LogP contribution in [0, 0.1) is 12.7 Å². The highest BCUT2D eigenvalue weighted by atomic mass is 35.5. The summed E-state index contributed by atoms with van der Waals surface area (Å²) in [6.45, 7) is 1.79. The smallest absolute Gasteiger partial charge is 0.137 e. The van der Waals surface area contributed by atoms with Crippen LogP contribution < -0.4 is 0 Å². The molecule has 1 nitrogen and oxygen atoms in total. The minimum Gasteiger partial charge on any atom is -0.241 e. The summed E-state index contributed by atoms with van der Waals surface area (Å²) in [5.41, 5.74) is 0.725. The van der Waals surface area contributed by atoms with Gasteiger partial charge in [0.1, 0.15) is 11.0 Å². The number of hydrogen-bond acceptors (Lipinski definition) is 1. The van der Waals surface area contributed by atoms with Gasteiger partial charge in [0.05, 0.1) is 0 Å². The molecule has 0 bridgehead atoms. The van der Waals surface area contributed by atoms with E-state index in [2.05, 4.69) is 4.98 Å². The van der Waals surface area contributed by atoms with Crippen LogP contribution in [-0.4, -0.2) is 4.98 Å². The first-order valence-electron chi connectivity index (χ1n) is 3.90. The van der Waals surface area contributed by atoms with Crippen LogP contribution >= 0.6 is 11.6 Å². The van der Waals surface area contributed by atoms with Crippen molar-refractivity contribution >= 4 is 22.4 Å². The predicted octanol–water partition coefficient (Wildman–Crippen LogP) is 3.34. The Kier molecular flexibility index (Phi) is 1.93. The van der Waals surface area contributed by atoms with E-state index in [0.717, 1.165) is 5.69 Å². The Labute approximate surface area is 80.2 Å². The number of halogens is 2. The van der Waals surface area contributed by atoms with Crippen molar-refractivity contribution in [2.24, 2.45) is 0 Å². The van der Waals surface area contributed by atoms with Crippen molar-refractivity contribution in [3.8, 4) is 0 Å². The van der Waals surface area contributed by atoms with Gasteiger partial charge in [0.25, 0.3) is 0 Å². The summed E-state index contributed by atoms with van der Waals surface area (Å²) in [6.07, 6.45) is 0. The van der Waals surface area contributed by atoms with E-state index in [0.29, 0.717) is 15.9 Å². The molecule has 0 fully saturated rings. The Morgan fingerprint density at radius 3 is 2.85 bits per heavy atom. The second kappa shape index (κ2) is 2.96. The Morgan fingerprint density at radius 1 is 1.31 bits per heavy atom. The normalized spacial score (nSPS) is 10.7. The lowest BCUT2D eigenvalue weighted by molar-refractivity contribution is 0.639. The molecule has 0 atom stereocenters. The average Bonchev–Trinajstić information content (AvgIpc) is 2.07. The fraction of sp³-hybridized carbons (Fsp3) is 0.100. The third-order valence-electron chi connectivity index (χ3n) is 1.90. The topological polar surface area (TPSA) is 12.9 Å². The maximum absolute atomic E-state index is 13.3. The molecule has 3 heteroatoms. The standard InChI is InChI=1S/C10H7ClFN/c1-6-5-8-7(10(11)13-6)3-2-4-9(8)12/h2-5H,1H3. The molecular formula is C10H7ClFN. The number of benzene rings is 1. The Balaban J connectivity index is 2.94. The third-order valence-corrected chi connectivity index (χ3v) is 2.19. The van der Waals surface area contributed by atoms with E-state index in [4.69, 9.17) is 11.6 Å². The molecule has 2 rings (SSSR count). The minimum absolute atomic E-state index is 0.259. The van der Waals surface area contributed by atoms with Gasteiger partial charge in [-0.15, -0.1) is 0 Å². The first kappa shape index (κ1) is 8.45. The van der Waals surface area contributed by atoms with Gasteiger partial charge in [-0.1, -0.05) is 23.7 Å². The van der Waals surface area contributed by atoms with Gasteiger partial charge in [-0.05, 0) is 19.1 Å². The summed E-state index contributed by atoms with van der Waals surface area (Å²) in [6, 6.07) is 6.49. The van der Waals surface area contributed by atoms with Gasteiger partial charge < -0.3 is 0 Å². The molecule has 0 saturated heterocycles. The Morgan fingerprint density at radius 2 is 2.08 bits per heavy atom. The van der Waals surface area contributed by atoms with E-state index in [-0.39, 0.29) is 5.82 Å². The maximum atomic E-state index is 13.3. The summed E-state index contributed by atoms with van der Waals surface area (Å²) in [4.78, 5) is 4.04. The van der Waals surface area contributed by atoms with Gasteiger partial charge in [0.15, 0.2) is 0 Å². The average molecular weight is 196 g/mol. The van der Waals surface area contributed by atoms with E-state index in [1.807, 2.05) is 0 Å². The molecule has 0 unspecified atom stereocenters. The van der Waals surface area contributed by atoms with Crippen molar-refractivity contribution in [2.45, 2.75) is 6.92 Å². The van der Waals surface area contributed by atoms with E-state index >= 15 is 0 Å². The number of nitrogens with zero attached hydrogens (tertiary/aromatic N) is 1. The number of aryl methyl sites for hydroxylation is 1. The Hall–Kier alpha value is -1.15. The zero-order valence-electron chi connectivity index (χ0n) is 7.01. The highest BCUT2D eigenvalue weighted by Crippen LogP contribution is 2.24. The van der Waals surface area contributed by atoms with Crippen LogP contribution in [-0.2, 0) is 0 Å². The predicted molar refractivity (Wildman–Crippen MR) is 51.4 cm³/mol. The molecule has 13 heavy (non-hydrogen) atoms. The van der Waals surface area contributed by atoms with Crippen LogP contribution in [0.3, 0.4) is 0 Å².